The van der Waals surface area contributed by atoms with Gasteiger partial charge in [-0.15, -0.1) is 0 Å². The van der Waals surface area contributed by atoms with Crippen molar-refractivity contribution in [3.05, 3.63) is 96.1 Å². The zero-order valence-electron chi connectivity index (χ0n) is 17.2. The summed E-state index contributed by atoms with van der Waals surface area (Å²) in [5, 5.41) is 2.95. The molecule has 1 amide bonds. The highest BCUT2D eigenvalue weighted by atomic mass is 16.5. The van der Waals surface area contributed by atoms with Crippen molar-refractivity contribution in [2.75, 3.05) is 25.5 Å². The molecule has 5 nitrogen and oxygen atoms in total. The average molecular weight is 402 g/mol. The van der Waals surface area contributed by atoms with Gasteiger partial charge in [0.05, 0.1) is 0 Å². The van der Waals surface area contributed by atoms with Crippen molar-refractivity contribution in [1.29, 1.82) is 0 Å². The van der Waals surface area contributed by atoms with E-state index in [1.165, 1.54) is 6.92 Å². The molecule has 0 radical (unpaired) electrons. The van der Waals surface area contributed by atoms with Gasteiger partial charge in [-0.25, -0.2) is 0 Å². The van der Waals surface area contributed by atoms with Crippen molar-refractivity contribution in [3.8, 4) is 5.75 Å². The Hall–Kier alpha value is -3.44. The molecule has 3 aromatic rings. The van der Waals surface area contributed by atoms with E-state index in [1.54, 1.807) is 24.3 Å². The number of carbonyl (C=O) groups is 2. The van der Waals surface area contributed by atoms with Gasteiger partial charge in [0, 0.05) is 17.8 Å². The van der Waals surface area contributed by atoms with Gasteiger partial charge in [0.15, 0.2) is 5.78 Å². The predicted molar refractivity (Wildman–Crippen MR) is 119 cm³/mol. The molecular weight excluding hydrogens is 376 g/mol. The summed E-state index contributed by atoms with van der Waals surface area (Å²) in [6, 6.07) is 25.7. The molecule has 0 aliphatic carbocycles. The second-order valence-electron chi connectivity index (χ2n) is 7.08. The number of anilines is 1. The number of likely N-dealkylation sites (N-methyl/N-ethyl adjacent to an activating group) is 1. The first-order chi connectivity index (χ1) is 14.5. The Morgan fingerprint density at radius 3 is 2.27 bits per heavy atom. The molecule has 1 unspecified atom stereocenters. The Morgan fingerprint density at radius 2 is 1.60 bits per heavy atom. The predicted octanol–water partition coefficient (Wildman–Crippen LogP) is 4.58. The van der Waals surface area contributed by atoms with Gasteiger partial charge in [-0.05, 0) is 43.8 Å². The summed E-state index contributed by atoms with van der Waals surface area (Å²) >= 11 is 0. The minimum atomic E-state index is -0.494. The first-order valence-corrected chi connectivity index (χ1v) is 9.89. The molecule has 5 heteroatoms. The fourth-order valence-corrected chi connectivity index (χ4v) is 3.22. The number of nitrogens with one attached hydrogen (secondary N) is 1. The maximum Gasteiger partial charge on any atom is 0.246 e. The van der Waals surface area contributed by atoms with E-state index < -0.39 is 6.04 Å². The number of amides is 1. The molecule has 0 aliphatic rings. The van der Waals surface area contributed by atoms with E-state index in [-0.39, 0.29) is 11.7 Å². The number of para-hydroxylation sites is 1. The number of carbonyl (C=O) groups excluding carboxylic acids is 2. The molecule has 3 rings (SSSR count). The zero-order valence-corrected chi connectivity index (χ0v) is 17.2. The largest absolute Gasteiger partial charge is 0.492 e. The van der Waals surface area contributed by atoms with Crippen LogP contribution in [0.15, 0.2) is 84.9 Å². The highest BCUT2D eigenvalue weighted by Crippen LogP contribution is 2.22. The number of hydrogen-bond donors (Lipinski definition) is 1. The maximum absolute atomic E-state index is 13.2. The molecule has 0 heterocycles. The van der Waals surface area contributed by atoms with Gasteiger partial charge < -0.3 is 10.1 Å². The second-order valence-corrected chi connectivity index (χ2v) is 7.08. The van der Waals surface area contributed by atoms with Gasteiger partial charge in [0.1, 0.15) is 18.4 Å². The van der Waals surface area contributed by atoms with Crippen LogP contribution in [0.4, 0.5) is 5.69 Å². The topological polar surface area (TPSA) is 58.6 Å². The minimum Gasteiger partial charge on any atom is -0.492 e. The van der Waals surface area contributed by atoms with Crippen molar-refractivity contribution >= 4 is 17.4 Å². The van der Waals surface area contributed by atoms with Crippen molar-refractivity contribution in [1.82, 2.24) is 4.90 Å². The summed E-state index contributed by atoms with van der Waals surface area (Å²) in [5.41, 5.74) is 2.05. The fourth-order valence-electron chi connectivity index (χ4n) is 3.22. The van der Waals surface area contributed by atoms with Gasteiger partial charge in [-0.3, -0.25) is 14.5 Å². The Labute approximate surface area is 177 Å². The molecule has 0 aliphatic heterocycles. The van der Waals surface area contributed by atoms with Crippen LogP contribution in [0.2, 0.25) is 0 Å². The SMILES string of the molecule is CC(=O)c1cccc(NC(=O)C(c2ccccc2)N(C)CCOc2ccccc2)c1. The van der Waals surface area contributed by atoms with E-state index in [9.17, 15) is 9.59 Å². The van der Waals surface area contributed by atoms with Crippen LogP contribution < -0.4 is 10.1 Å². The third kappa shape index (κ3) is 5.78. The van der Waals surface area contributed by atoms with E-state index in [2.05, 4.69) is 5.32 Å². The summed E-state index contributed by atoms with van der Waals surface area (Å²) in [7, 11) is 1.90. The fraction of sp³-hybridized carbons (Fsp3) is 0.200. The summed E-state index contributed by atoms with van der Waals surface area (Å²) in [6.07, 6.45) is 0. The maximum atomic E-state index is 13.2. The molecule has 0 saturated carbocycles. The Bertz CT molecular complexity index is 974. The van der Waals surface area contributed by atoms with Gasteiger partial charge in [0.2, 0.25) is 5.91 Å². The van der Waals surface area contributed by atoms with Crippen LogP contribution in [0, 0.1) is 0 Å². The third-order valence-corrected chi connectivity index (χ3v) is 4.80. The lowest BCUT2D eigenvalue weighted by Crippen LogP contribution is -2.37. The number of ketones is 1. The van der Waals surface area contributed by atoms with Crippen molar-refractivity contribution in [3.63, 3.8) is 0 Å². The normalized spacial score (nSPS) is 11.7. The number of benzene rings is 3. The molecule has 3 aromatic carbocycles. The highest BCUT2D eigenvalue weighted by Gasteiger charge is 2.25. The summed E-state index contributed by atoms with van der Waals surface area (Å²) in [4.78, 5) is 26.8. The van der Waals surface area contributed by atoms with Crippen LogP contribution in [0.3, 0.4) is 0 Å². The van der Waals surface area contributed by atoms with Crippen molar-refractivity contribution in [2.24, 2.45) is 0 Å². The molecule has 0 spiro atoms. The van der Waals surface area contributed by atoms with E-state index in [4.69, 9.17) is 4.74 Å². The van der Waals surface area contributed by atoms with Gasteiger partial charge in [0.25, 0.3) is 0 Å². The van der Waals surface area contributed by atoms with E-state index in [0.29, 0.717) is 24.4 Å². The van der Waals surface area contributed by atoms with Crippen LogP contribution in [-0.2, 0) is 4.79 Å². The van der Waals surface area contributed by atoms with Gasteiger partial charge in [-0.1, -0.05) is 60.7 Å². The Kier molecular flexibility index (Phi) is 7.35. The molecule has 1 N–H and O–H groups in total. The summed E-state index contributed by atoms with van der Waals surface area (Å²) < 4.78 is 5.79. The number of hydrogen-bond acceptors (Lipinski definition) is 4. The molecule has 30 heavy (non-hydrogen) atoms. The lowest BCUT2D eigenvalue weighted by molar-refractivity contribution is -0.121. The number of Topliss-reactive ketones (excluding diaryl/α,β-unsaturated/α-hetero) is 1. The summed E-state index contributed by atoms with van der Waals surface area (Å²) in [6.45, 7) is 2.53. The summed E-state index contributed by atoms with van der Waals surface area (Å²) in [5.74, 6) is 0.595. The molecular formula is C25H26N2O3. The van der Waals surface area contributed by atoms with Gasteiger partial charge >= 0.3 is 0 Å². The van der Waals surface area contributed by atoms with Crippen LogP contribution in [-0.4, -0.2) is 36.8 Å². The quantitative estimate of drug-likeness (QED) is 0.532. The molecule has 154 valence electrons. The lowest BCUT2D eigenvalue weighted by atomic mass is 10.0. The number of nitrogens with zero attached hydrogens (tertiary/aromatic N) is 1. The van der Waals surface area contributed by atoms with Crippen LogP contribution >= 0.6 is 0 Å². The molecule has 1 atom stereocenters. The first kappa shape index (κ1) is 21.3. The number of ether oxygens (including phenoxy) is 1. The van der Waals surface area contributed by atoms with E-state index in [1.807, 2.05) is 72.6 Å². The molecule has 0 aromatic heterocycles. The standard InChI is InChI=1S/C25H26N2O3/c1-19(28)21-12-9-13-22(18-21)26-25(29)24(20-10-5-3-6-11-20)27(2)16-17-30-23-14-7-4-8-15-23/h3-15,18,24H,16-17H2,1-2H3,(H,26,29). The minimum absolute atomic E-state index is 0.0408. The van der Waals surface area contributed by atoms with Crippen LogP contribution in [0.25, 0.3) is 0 Å². The second kappa shape index (κ2) is 10.4. The van der Waals surface area contributed by atoms with E-state index >= 15 is 0 Å². The van der Waals surface area contributed by atoms with Crippen LogP contribution in [0.5, 0.6) is 5.75 Å². The lowest BCUT2D eigenvalue weighted by Gasteiger charge is -2.27. The first-order valence-electron chi connectivity index (χ1n) is 9.89. The average Bonchev–Trinajstić information content (AvgIpc) is 2.75. The Morgan fingerprint density at radius 1 is 0.933 bits per heavy atom. The zero-order chi connectivity index (χ0) is 21.3. The van der Waals surface area contributed by atoms with Crippen LogP contribution in [0.1, 0.15) is 28.9 Å². The Balaban J connectivity index is 1.72. The van der Waals surface area contributed by atoms with E-state index in [0.717, 1.165) is 11.3 Å². The van der Waals surface area contributed by atoms with Crippen molar-refractivity contribution in [2.45, 2.75) is 13.0 Å². The molecule has 0 saturated heterocycles. The molecule has 0 fully saturated rings. The van der Waals surface area contributed by atoms with Crippen molar-refractivity contribution < 1.29 is 14.3 Å². The third-order valence-electron chi connectivity index (χ3n) is 4.80. The molecule has 0 bridgehead atoms. The highest BCUT2D eigenvalue weighted by molar-refractivity contribution is 5.98. The number of rotatable bonds is 9. The monoisotopic (exact) mass is 402 g/mol. The smallest absolute Gasteiger partial charge is 0.246 e. The van der Waals surface area contributed by atoms with Gasteiger partial charge in [-0.2, -0.15) is 0 Å².